The molecule has 1 amide bonds. The predicted molar refractivity (Wildman–Crippen MR) is 135 cm³/mol. The maximum Gasteiger partial charge on any atom is 0.409 e. The molecule has 2 fully saturated rings. The number of sulfonamides is 1. The van der Waals surface area contributed by atoms with Crippen molar-refractivity contribution in [1.29, 1.82) is 0 Å². The lowest BCUT2D eigenvalue weighted by Gasteiger charge is -2.38. The number of carbonyl (C=O) groups is 1. The van der Waals surface area contributed by atoms with Gasteiger partial charge < -0.3 is 9.64 Å². The quantitative estimate of drug-likeness (QED) is 0.576. The zero-order valence-corrected chi connectivity index (χ0v) is 21.5. The molecule has 0 saturated carbocycles. The van der Waals surface area contributed by atoms with Crippen LogP contribution < -0.4 is 0 Å². The summed E-state index contributed by atoms with van der Waals surface area (Å²) in [5, 5.41) is 0.534. The van der Waals surface area contributed by atoms with E-state index in [4.69, 9.17) is 16.3 Å². The summed E-state index contributed by atoms with van der Waals surface area (Å²) >= 11 is 6.16. The number of hydrogen-bond donors (Lipinski definition) is 0. The molecule has 5 rings (SSSR count). The number of halogens is 1. The van der Waals surface area contributed by atoms with Gasteiger partial charge in [-0.15, -0.1) is 0 Å². The van der Waals surface area contributed by atoms with Gasteiger partial charge in [-0.2, -0.15) is 4.31 Å². The van der Waals surface area contributed by atoms with Crippen LogP contribution in [0, 0.1) is 0 Å². The van der Waals surface area contributed by atoms with Crippen molar-refractivity contribution >= 4 is 27.7 Å². The average Bonchev–Trinajstić information content (AvgIpc) is 3.09. The third-order valence-electron chi connectivity index (χ3n) is 7.52. The van der Waals surface area contributed by atoms with Gasteiger partial charge in [-0.3, -0.25) is 4.90 Å². The smallest absolute Gasteiger partial charge is 0.409 e. The summed E-state index contributed by atoms with van der Waals surface area (Å²) in [5.41, 5.74) is 2.00. The Labute approximate surface area is 212 Å². The molecule has 3 aliphatic heterocycles. The first kappa shape index (κ1) is 24.6. The van der Waals surface area contributed by atoms with Gasteiger partial charge in [0.05, 0.1) is 17.0 Å². The molecule has 9 heteroatoms. The number of benzene rings is 2. The minimum absolute atomic E-state index is 0.0668. The number of likely N-dealkylation sites (N-methyl/N-ethyl adjacent to an activating group) is 1. The molecule has 0 radical (unpaired) electrons. The molecule has 0 aromatic heterocycles. The molecular weight excluding hydrogens is 486 g/mol. The molecule has 3 atom stereocenters. The van der Waals surface area contributed by atoms with Gasteiger partial charge in [0.25, 0.3) is 0 Å². The van der Waals surface area contributed by atoms with Crippen LogP contribution in [0.15, 0.2) is 53.4 Å². The molecule has 2 aromatic carbocycles. The van der Waals surface area contributed by atoms with Gasteiger partial charge in [0.1, 0.15) is 6.61 Å². The topological polar surface area (TPSA) is 70.2 Å². The molecule has 2 aromatic rings. The van der Waals surface area contributed by atoms with Gasteiger partial charge in [0.15, 0.2) is 0 Å². The van der Waals surface area contributed by atoms with E-state index in [1.54, 1.807) is 27.4 Å². The maximum atomic E-state index is 13.3. The Bertz CT molecular complexity index is 1180. The van der Waals surface area contributed by atoms with Gasteiger partial charge in [0, 0.05) is 30.7 Å². The predicted octanol–water partition coefficient (Wildman–Crippen LogP) is 4.67. The summed E-state index contributed by atoms with van der Waals surface area (Å²) in [4.78, 5) is 17.4. The number of nitrogens with zero attached hydrogens (tertiary/aromatic N) is 3. The van der Waals surface area contributed by atoms with E-state index < -0.39 is 10.0 Å². The van der Waals surface area contributed by atoms with E-state index in [-0.39, 0.29) is 30.8 Å². The molecule has 0 bridgehead atoms. The number of rotatable bonds is 5. The number of carbonyl (C=O) groups excluding carboxylic acids is 1. The van der Waals surface area contributed by atoms with Crippen LogP contribution in [-0.2, 0) is 21.3 Å². The highest BCUT2D eigenvalue weighted by atomic mass is 35.5. The van der Waals surface area contributed by atoms with Crippen LogP contribution in [0.25, 0.3) is 0 Å². The molecule has 7 nitrogen and oxygen atoms in total. The monoisotopic (exact) mass is 517 g/mol. The molecule has 1 unspecified atom stereocenters. The Morgan fingerprint density at radius 1 is 1.11 bits per heavy atom. The highest BCUT2D eigenvalue weighted by molar-refractivity contribution is 7.89. The van der Waals surface area contributed by atoms with Gasteiger partial charge in [-0.25, -0.2) is 13.2 Å². The fourth-order valence-electron chi connectivity index (χ4n) is 5.74. The lowest BCUT2D eigenvalue weighted by atomic mass is 9.94. The van der Waals surface area contributed by atoms with Crippen LogP contribution in [-0.4, -0.2) is 67.4 Å². The number of amides is 1. The van der Waals surface area contributed by atoms with Crippen molar-refractivity contribution in [2.24, 2.45) is 0 Å². The van der Waals surface area contributed by atoms with Crippen molar-refractivity contribution < 1.29 is 17.9 Å². The summed E-state index contributed by atoms with van der Waals surface area (Å²) < 4.78 is 33.8. The lowest BCUT2D eigenvalue weighted by molar-refractivity contribution is 0.0466. The van der Waals surface area contributed by atoms with E-state index in [0.717, 1.165) is 37.8 Å². The maximum absolute atomic E-state index is 13.3. The first-order valence-corrected chi connectivity index (χ1v) is 14.2. The van der Waals surface area contributed by atoms with Crippen LogP contribution >= 0.6 is 11.6 Å². The Morgan fingerprint density at radius 2 is 1.91 bits per heavy atom. The molecule has 0 aliphatic carbocycles. The number of hydrogen-bond acceptors (Lipinski definition) is 5. The Hall–Kier alpha value is -2.13. The minimum atomic E-state index is -3.63. The SMILES string of the molecule is CN(Cc1ccccc1)C1CCCN(C(=O)OC[C@H]2CCC[C@H]3c4cc(Cl)ccc4S(=O)(=O)N23)C1. The summed E-state index contributed by atoms with van der Waals surface area (Å²) in [5.74, 6) is 0. The standard InChI is InChI=1S/C26H32ClN3O4S/c1-28(16-19-7-3-2-4-8-19)21-10-6-14-29(17-21)26(31)34-18-22-9-5-11-24-23-15-20(27)12-13-25(23)35(32,33)30(22)24/h2-4,7-8,12-13,15,21-22,24H,5-6,9-11,14,16-18H2,1H3/t21?,22-,24+/m1/s1. The fraction of sp³-hybridized carbons (Fsp3) is 0.500. The fourth-order valence-corrected chi connectivity index (χ4v) is 7.99. The van der Waals surface area contributed by atoms with E-state index in [0.29, 0.717) is 29.4 Å². The first-order chi connectivity index (χ1) is 16.8. The van der Waals surface area contributed by atoms with E-state index in [1.807, 2.05) is 18.2 Å². The number of likely N-dealkylation sites (tertiary alicyclic amines) is 1. The van der Waals surface area contributed by atoms with E-state index >= 15 is 0 Å². The molecule has 188 valence electrons. The second kappa shape index (κ2) is 10.1. The Balaban J connectivity index is 1.21. The molecule has 35 heavy (non-hydrogen) atoms. The second-order valence-electron chi connectivity index (χ2n) is 9.84. The molecule has 0 N–H and O–H groups in total. The number of fused-ring (bicyclic) bond motifs is 3. The van der Waals surface area contributed by atoms with Crippen LogP contribution in [0.1, 0.15) is 49.3 Å². The molecule has 2 saturated heterocycles. The zero-order valence-electron chi connectivity index (χ0n) is 20.0. The number of ether oxygens (including phenoxy) is 1. The van der Waals surface area contributed by atoms with E-state index in [9.17, 15) is 13.2 Å². The second-order valence-corrected chi connectivity index (χ2v) is 12.1. The van der Waals surface area contributed by atoms with Crippen LogP contribution in [0.4, 0.5) is 4.79 Å². The third-order valence-corrected chi connectivity index (χ3v) is 9.79. The summed E-state index contributed by atoms with van der Waals surface area (Å²) in [6.45, 7) is 2.17. The van der Waals surface area contributed by atoms with Crippen molar-refractivity contribution in [3.05, 3.63) is 64.7 Å². The number of piperidine rings is 2. The minimum Gasteiger partial charge on any atom is -0.448 e. The van der Waals surface area contributed by atoms with Gasteiger partial charge >= 0.3 is 6.09 Å². The largest absolute Gasteiger partial charge is 0.448 e. The van der Waals surface area contributed by atoms with Crippen molar-refractivity contribution in [1.82, 2.24) is 14.1 Å². The lowest BCUT2D eigenvalue weighted by Crippen LogP contribution is -2.50. The average molecular weight is 518 g/mol. The normalized spacial score (nSPS) is 25.8. The van der Waals surface area contributed by atoms with E-state index in [1.165, 1.54) is 5.56 Å². The first-order valence-electron chi connectivity index (χ1n) is 12.3. The van der Waals surface area contributed by atoms with Gasteiger partial charge in [-0.05, 0) is 68.5 Å². The molecule has 3 aliphatic rings. The summed E-state index contributed by atoms with van der Waals surface area (Å²) in [6.07, 6.45) is 3.89. The highest BCUT2D eigenvalue weighted by Gasteiger charge is 2.48. The molecule has 3 heterocycles. The van der Waals surface area contributed by atoms with Crippen LogP contribution in [0.3, 0.4) is 0 Å². The van der Waals surface area contributed by atoms with Crippen molar-refractivity contribution in [3.63, 3.8) is 0 Å². The Kier molecular flexibility index (Phi) is 7.08. The van der Waals surface area contributed by atoms with Gasteiger partial charge in [-0.1, -0.05) is 41.9 Å². The zero-order chi connectivity index (χ0) is 24.6. The highest BCUT2D eigenvalue weighted by Crippen LogP contribution is 2.47. The van der Waals surface area contributed by atoms with Crippen molar-refractivity contribution in [2.45, 2.75) is 61.7 Å². The molecule has 0 spiro atoms. The molecular formula is C26H32ClN3O4S. The summed E-state index contributed by atoms with van der Waals surface area (Å²) in [7, 11) is -1.54. The van der Waals surface area contributed by atoms with Crippen LogP contribution in [0.2, 0.25) is 5.02 Å². The van der Waals surface area contributed by atoms with E-state index in [2.05, 4.69) is 24.1 Å². The third kappa shape index (κ3) is 4.94. The van der Waals surface area contributed by atoms with Crippen LogP contribution in [0.5, 0.6) is 0 Å². The van der Waals surface area contributed by atoms with Crippen molar-refractivity contribution in [2.75, 3.05) is 26.7 Å². The summed E-state index contributed by atoms with van der Waals surface area (Å²) in [6, 6.07) is 14.9. The van der Waals surface area contributed by atoms with Crippen molar-refractivity contribution in [3.8, 4) is 0 Å². The van der Waals surface area contributed by atoms with Gasteiger partial charge in [0.2, 0.25) is 10.0 Å². The Morgan fingerprint density at radius 3 is 2.71 bits per heavy atom.